The molecule has 6 heteroatoms. The first-order chi connectivity index (χ1) is 9.93. The Balaban J connectivity index is 2.36. The first kappa shape index (κ1) is 16.4. The van der Waals surface area contributed by atoms with E-state index in [1.165, 1.54) is 22.5 Å². The van der Waals surface area contributed by atoms with Crippen LogP contribution in [0.1, 0.15) is 39.0 Å². The molecule has 0 aliphatic carbocycles. The second kappa shape index (κ2) is 6.85. The molecule has 1 aromatic rings. The van der Waals surface area contributed by atoms with Gasteiger partial charge in [0.15, 0.2) is 0 Å². The van der Waals surface area contributed by atoms with Gasteiger partial charge < -0.3 is 5.11 Å². The molecular formula is C15H22FNO3S. The molecular weight excluding hydrogens is 293 g/mol. The quantitative estimate of drug-likeness (QED) is 0.929. The fourth-order valence-electron chi connectivity index (χ4n) is 2.88. The Bertz CT molecular complexity index is 574. The van der Waals surface area contributed by atoms with E-state index >= 15 is 0 Å². The standard InChI is InChI=1S/C15H22FNO3S/c1-12(18)11-13-7-3-2-6-10-17(13)21(19,20)15-9-5-4-8-14(15)16/h4-5,8-9,12-13,18H,2-3,6-7,10-11H2,1H3. The van der Waals surface area contributed by atoms with E-state index in [-0.39, 0.29) is 10.9 Å². The molecule has 1 N–H and O–H groups in total. The van der Waals surface area contributed by atoms with E-state index < -0.39 is 21.9 Å². The van der Waals surface area contributed by atoms with Crippen LogP contribution in [-0.2, 0) is 10.0 Å². The van der Waals surface area contributed by atoms with Crippen molar-refractivity contribution in [2.24, 2.45) is 0 Å². The Kier molecular flexibility index (Phi) is 5.35. The van der Waals surface area contributed by atoms with Crippen molar-refractivity contribution in [2.45, 2.75) is 56.1 Å². The fraction of sp³-hybridized carbons (Fsp3) is 0.600. The minimum atomic E-state index is -3.86. The van der Waals surface area contributed by atoms with Crippen LogP contribution in [0.3, 0.4) is 0 Å². The third-order valence-corrected chi connectivity index (χ3v) is 5.84. The van der Waals surface area contributed by atoms with Crippen LogP contribution in [0.25, 0.3) is 0 Å². The molecule has 0 saturated carbocycles. The lowest BCUT2D eigenvalue weighted by molar-refractivity contribution is 0.147. The second-order valence-electron chi connectivity index (χ2n) is 5.63. The van der Waals surface area contributed by atoms with Crippen LogP contribution >= 0.6 is 0 Å². The molecule has 1 aliphatic rings. The lowest BCUT2D eigenvalue weighted by Crippen LogP contribution is -2.41. The molecule has 4 nitrogen and oxygen atoms in total. The van der Waals surface area contributed by atoms with Gasteiger partial charge in [-0.05, 0) is 38.3 Å². The number of nitrogens with zero attached hydrogens (tertiary/aromatic N) is 1. The Labute approximate surface area is 125 Å². The maximum atomic E-state index is 13.9. The van der Waals surface area contributed by atoms with E-state index in [0.29, 0.717) is 19.4 Å². The van der Waals surface area contributed by atoms with E-state index in [4.69, 9.17) is 0 Å². The first-order valence-corrected chi connectivity index (χ1v) is 8.81. The highest BCUT2D eigenvalue weighted by Gasteiger charge is 2.34. The number of hydrogen-bond acceptors (Lipinski definition) is 3. The van der Waals surface area contributed by atoms with Crippen molar-refractivity contribution in [3.63, 3.8) is 0 Å². The zero-order valence-corrected chi connectivity index (χ0v) is 13.0. The van der Waals surface area contributed by atoms with E-state index in [9.17, 15) is 17.9 Å². The van der Waals surface area contributed by atoms with Gasteiger partial charge in [-0.1, -0.05) is 25.0 Å². The van der Waals surface area contributed by atoms with E-state index in [1.807, 2.05) is 0 Å². The van der Waals surface area contributed by atoms with Crippen LogP contribution in [0.4, 0.5) is 4.39 Å². The monoisotopic (exact) mass is 315 g/mol. The van der Waals surface area contributed by atoms with Crippen molar-refractivity contribution in [2.75, 3.05) is 6.54 Å². The van der Waals surface area contributed by atoms with Crippen LogP contribution < -0.4 is 0 Å². The Hall–Kier alpha value is -0.980. The highest BCUT2D eigenvalue weighted by atomic mass is 32.2. The zero-order valence-electron chi connectivity index (χ0n) is 12.2. The SMILES string of the molecule is CC(O)CC1CCCCCN1S(=O)(=O)c1ccccc1F. The van der Waals surface area contributed by atoms with Gasteiger partial charge in [-0.25, -0.2) is 12.8 Å². The van der Waals surface area contributed by atoms with E-state index in [1.54, 1.807) is 6.92 Å². The summed E-state index contributed by atoms with van der Waals surface area (Å²) >= 11 is 0. The Morgan fingerprint density at radius 3 is 2.71 bits per heavy atom. The van der Waals surface area contributed by atoms with E-state index in [2.05, 4.69) is 0 Å². The van der Waals surface area contributed by atoms with Crippen molar-refractivity contribution < 1.29 is 17.9 Å². The molecule has 1 aliphatic heterocycles. The van der Waals surface area contributed by atoms with Gasteiger partial charge in [-0.15, -0.1) is 0 Å². The van der Waals surface area contributed by atoms with Gasteiger partial charge in [-0.3, -0.25) is 0 Å². The lowest BCUT2D eigenvalue weighted by atomic mass is 10.1. The molecule has 2 unspecified atom stereocenters. The minimum Gasteiger partial charge on any atom is -0.393 e. The highest BCUT2D eigenvalue weighted by molar-refractivity contribution is 7.89. The number of hydrogen-bond donors (Lipinski definition) is 1. The molecule has 0 radical (unpaired) electrons. The van der Waals surface area contributed by atoms with Crippen LogP contribution in [0.5, 0.6) is 0 Å². The summed E-state index contributed by atoms with van der Waals surface area (Å²) in [7, 11) is -3.86. The third kappa shape index (κ3) is 3.81. The van der Waals surface area contributed by atoms with Gasteiger partial charge in [0.1, 0.15) is 10.7 Å². The summed E-state index contributed by atoms with van der Waals surface area (Å²) in [5, 5.41) is 9.61. The molecule has 1 heterocycles. The number of aliphatic hydroxyl groups is 1. The third-order valence-electron chi connectivity index (χ3n) is 3.86. The molecule has 0 spiro atoms. The average molecular weight is 315 g/mol. The first-order valence-electron chi connectivity index (χ1n) is 7.37. The minimum absolute atomic E-state index is 0.267. The van der Waals surface area contributed by atoms with Crippen LogP contribution in [0.15, 0.2) is 29.2 Å². The van der Waals surface area contributed by atoms with Crippen molar-refractivity contribution in [1.29, 1.82) is 0 Å². The van der Waals surface area contributed by atoms with Crippen molar-refractivity contribution >= 4 is 10.0 Å². The summed E-state index contributed by atoms with van der Waals surface area (Å²) in [6.07, 6.45) is 3.17. The summed E-state index contributed by atoms with van der Waals surface area (Å²) in [5.41, 5.74) is 0. The molecule has 21 heavy (non-hydrogen) atoms. The number of benzene rings is 1. The maximum absolute atomic E-state index is 13.9. The average Bonchev–Trinajstić information content (AvgIpc) is 2.64. The maximum Gasteiger partial charge on any atom is 0.246 e. The number of sulfonamides is 1. The predicted molar refractivity (Wildman–Crippen MR) is 78.8 cm³/mol. The van der Waals surface area contributed by atoms with Crippen molar-refractivity contribution in [3.8, 4) is 0 Å². The number of aliphatic hydroxyl groups excluding tert-OH is 1. The van der Waals surface area contributed by atoms with Crippen LogP contribution in [-0.4, -0.2) is 36.5 Å². The highest BCUT2D eigenvalue weighted by Crippen LogP contribution is 2.28. The van der Waals surface area contributed by atoms with Crippen LogP contribution in [0, 0.1) is 5.82 Å². The van der Waals surface area contributed by atoms with Gasteiger partial charge in [0, 0.05) is 12.6 Å². The summed E-state index contributed by atoms with van der Waals surface area (Å²) in [6.45, 7) is 2.03. The summed E-state index contributed by atoms with van der Waals surface area (Å²) in [5.74, 6) is -0.724. The van der Waals surface area contributed by atoms with Crippen molar-refractivity contribution in [1.82, 2.24) is 4.31 Å². The van der Waals surface area contributed by atoms with Gasteiger partial charge >= 0.3 is 0 Å². The largest absolute Gasteiger partial charge is 0.393 e. The number of rotatable bonds is 4. The molecule has 1 saturated heterocycles. The fourth-order valence-corrected chi connectivity index (χ4v) is 4.65. The molecule has 0 bridgehead atoms. The second-order valence-corrected chi connectivity index (χ2v) is 7.49. The topological polar surface area (TPSA) is 57.6 Å². The van der Waals surface area contributed by atoms with Gasteiger partial charge in [-0.2, -0.15) is 4.31 Å². The molecule has 2 rings (SSSR count). The Morgan fingerprint density at radius 2 is 2.05 bits per heavy atom. The summed E-state index contributed by atoms with van der Waals surface area (Å²) < 4.78 is 40.8. The van der Waals surface area contributed by atoms with Gasteiger partial charge in [0.25, 0.3) is 0 Å². The lowest BCUT2D eigenvalue weighted by Gasteiger charge is -2.30. The van der Waals surface area contributed by atoms with Crippen molar-refractivity contribution in [3.05, 3.63) is 30.1 Å². The molecule has 0 amide bonds. The molecule has 0 aromatic heterocycles. The molecule has 1 fully saturated rings. The predicted octanol–water partition coefficient (Wildman–Crippen LogP) is 2.53. The van der Waals surface area contributed by atoms with Crippen LogP contribution in [0.2, 0.25) is 0 Å². The van der Waals surface area contributed by atoms with Gasteiger partial charge in [0.2, 0.25) is 10.0 Å². The molecule has 2 atom stereocenters. The smallest absolute Gasteiger partial charge is 0.246 e. The number of halogens is 1. The summed E-state index contributed by atoms with van der Waals surface area (Å²) in [4.78, 5) is -0.275. The summed E-state index contributed by atoms with van der Waals surface area (Å²) in [6, 6.07) is 5.20. The Morgan fingerprint density at radius 1 is 1.33 bits per heavy atom. The van der Waals surface area contributed by atoms with E-state index in [0.717, 1.165) is 25.3 Å². The normalized spacial score (nSPS) is 22.7. The molecule has 118 valence electrons. The molecule has 1 aromatic carbocycles. The zero-order chi connectivity index (χ0) is 15.5. The van der Waals surface area contributed by atoms with Gasteiger partial charge in [0.05, 0.1) is 6.10 Å².